The Labute approximate surface area is 185 Å². The lowest BCUT2D eigenvalue weighted by molar-refractivity contribution is -0.122. The minimum atomic E-state index is -0.0349. The van der Waals surface area contributed by atoms with Crippen molar-refractivity contribution in [3.8, 4) is 11.5 Å². The van der Waals surface area contributed by atoms with Gasteiger partial charge in [-0.1, -0.05) is 76.6 Å². The molecule has 1 amide bonds. The number of hydrogen-bond acceptors (Lipinski definition) is 4. The van der Waals surface area contributed by atoms with Crippen molar-refractivity contribution in [3.63, 3.8) is 0 Å². The van der Waals surface area contributed by atoms with Crippen molar-refractivity contribution in [3.05, 3.63) is 71.1 Å². The third-order valence-electron chi connectivity index (χ3n) is 5.45. The van der Waals surface area contributed by atoms with Crippen LogP contribution in [-0.4, -0.2) is 16.1 Å². The number of carbonyl (C=O) groups is 1. The van der Waals surface area contributed by atoms with Crippen LogP contribution in [0.15, 0.2) is 52.9 Å². The summed E-state index contributed by atoms with van der Waals surface area (Å²) in [7, 11) is 0. The van der Waals surface area contributed by atoms with Crippen LogP contribution in [-0.2, 0) is 16.6 Å². The van der Waals surface area contributed by atoms with Gasteiger partial charge in [0.25, 0.3) is 0 Å². The molecule has 3 rings (SSSR count). The molecule has 0 aliphatic heterocycles. The normalized spacial score (nSPS) is 12.7. The molecule has 1 unspecified atom stereocenters. The molecular weight excluding hydrogens is 386 g/mol. The maximum Gasteiger partial charge on any atom is 0.247 e. The fourth-order valence-corrected chi connectivity index (χ4v) is 3.46. The zero-order valence-electron chi connectivity index (χ0n) is 19.4. The monoisotopic (exact) mass is 419 g/mol. The highest BCUT2D eigenvalue weighted by Crippen LogP contribution is 2.27. The predicted molar refractivity (Wildman–Crippen MR) is 124 cm³/mol. The average molecular weight is 420 g/mol. The van der Waals surface area contributed by atoms with Gasteiger partial charge in [-0.05, 0) is 41.5 Å². The topological polar surface area (TPSA) is 68.0 Å². The molecule has 5 heteroatoms. The van der Waals surface area contributed by atoms with E-state index in [1.165, 1.54) is 11.1 Å². The molecule has 31 heavy (non-hydrogen) atoms. The molecule has 0 bridgehead atoms. The number of aromatic nitrogens is 2. The van der Waals surface area contributed by atoms with Gasteiger partial charge in [-0.2, -0.15) is 0 Å². The highest BCUT2D eigenvalue weighted by atomic mass is 16.4. The average Bonchev–Trinajstić information content (AvgIpc) is 3.19. The van der Waals surface area contributed by atoms with Crippen LogP contribution in [0.2, 0.25) is 0 Å². The van der Waals surface area contributed by atoms with Crippen molar-refractivity contribution < 1.29 is 9.21 Å². The summed E-state index contributed by atoms with van der Waals surface area (Å²) in [5.41, 5.74) is 4.57. The van der Waals surface area contributed by atoms with Crippen LogP contribution in [0.3, 0.4) is 0 Å². The van der Waals surface area contributed by atoms with E-state index in [-0.39, 0.29) is 23.3 Å². The van der Waals surface area contributed by atoms with Crippen molar-refractivity contribution in [2.75, 3.05) is 0 Å². The van der Waals surface area contributed by atoms with Gasteiger partial charge in [-0.25, -0.2) is 0 Å². The zero-order valence-corrected chi connectivity index (χ0v) is 19.4. The largest absolute Gasteiger partial charge is 0.421 e. The summed E-state index contributed by atoms with van der Waals surface area (Å²) in [6.45, 7) is 12.9. The Bertz CT molecular complexity index is 996. The van der Waals surface area contributed by atoms with Crippen LogP contribution in [0.25, 0.3) is 11.5 Å². The van der Waals surface area contributed by atoms with Crippen LogP contribution in [0.4, 0.5) is 0 Å². The van der Waals surface area contributed by atoms with Crippen LogP contribution in [0.5, 0.6) is 0 Å². The molecule has 1 aromatic heterocycles. The summed E-state index contributed by atoms with van der Waals surface area (Å²) in [6, 6.07) is 16.4. The van der Waals surface area contributed by atoms with E-state index in [0.29, 0.717) is 24.6 Å². The van der Waals surface area contributed by atoms with E-state index in [4.69, 9.17) is 4.42 Å². The maximum absolute atomic E-state index is 12.6. The van der Waals surface area contributed by atoms with E-state index in [0.717, 1.165) is 11.1 Å². The Hall–Kier alpha value is -2.95. The number of benzene rings is 2. The van der Waals surface area contributed by atoms with E-state index in [9.17, 15) is 4.79 Å². The van der Waals surface area contributed by atoms with E-state index in [1.807, 2.05) is 31.2 Å². The molecule has 0 fully saturated rings. The van der Waals surface area contributed by atoms with Gasteiger partial charge in [-0.15, -0.1) is 10.2 Å². The van der Waals surface area contributed by atoms with Crippen molar-refractivity contribution >= 4 is 5.91 Å². The SMILES string of the molecule is Cc1ccc(-c2nnc(CCC(=O)NC(c3ccc(C(C)(C)C)cc3)C(C)C)o2)cc1. The molecule has 1 atom stereocenters. The van der Waals surface area contributed by atoms with Gasteiger partial charge in [0.15, 0.2) is 0 Å². The fourth-order valence-electron chi connectivity index (χ4n) is 3.46. The van der Waals surface area contributed by atoms with E-state index in [2.05, 4.69) is 74.4 Å². The molecule has 0 aliphatic rings. The van der Waals surface area contributed by atoms with Gasteiger partial charge in [0.2, 0.25) is 17.7 Å². The van der Waals surface area contributed by atoms with Crippen LogP contribution in [0, 0.1) is 12.8 Å². The van der Waals surface area contributed by atoms with Gasteiger partial charge in [0, 0.05) is 18.4 Å². The van der Waals surface area contributed by atoms with E-state index in [1.54, 1.807) is 0 Å². The smallest absolute Gasteiger partial charge is 0.247 e. The molecular formula is C26H33N3O2. The molecule has 1 heterocycles. The van der Waals surface area contributed by atoms with Crippen LogP contribution < -0.4 is 5.32 Å². The van der Waals surface area contributed by atoms with Crippen molar-refractivity contribution in [1.29, 1.82) is 0 Å². The first-order chi connectivity index (χ1) is 14.6. The first kappa shape index (κ1) is 22.7. The Morgan fingerprint density at radius 1 is 1.00 bits per heavy atom. The Morgan fingerprint density at radius 2 is 1.65 bits per heavy atom. The minimum absolute atomic E-state index is 0.0197. The number of hydrogen-bond donors (Lipinski definition) is 1. The third kappa shape index (κ3) is 6.03. The molecule has 164 valence electrons. The molecule has 5 nitrogen and oxygen atoms in total. The van der Waals surface area contributed by atoms with Gasteiger partial charge in [0.05, 0.1) is 6.04 Å². The number of amides is 1. The fraction of sp³-hybridized carbons (Fsp3) is 0.423. The summed E-state index contributed by atoms with van der Waals surface area (Å²) in [5, 5.41) is 11.4. The van der Waals surface area contributed by atoms with Crippen molar-refractivity contribution in [2.24, 2.45) is 5.92 Å². The number of nitrogens with one attached hydrogen (secondary N) is 1. The summed E-state index contributed by atoms with van der Waals surface area (Å²) >= 11 is 0. The number of rotatable bonds is 7. The molecule has 3 aromatic rings. The Balaban J connectivity index is 1.60. The second-order valence-electron chi connectivity index (χ2n) is 9.53. The summed E-state index contributed by atoms with van der Waals surface area (Å²) in [5.74, 6) is 1.21. The molecule has 0 radical (unpaired) electrons. The quantitative estimate of drug-likeness (QED) is 0.526. The highest BCUT2D eigenvalue weighted by molar-refractivity contribution is 5.76. The van der Waals surface area contributed by atoms with Crippen LogP contribution in [0.1, 0.15) is 69.7 Å². The molecule has 1 N–H and O–H groups in total. The molecule has 0 aliphatic carbocycles. The third-order valence-corrected chi connectivity index (χ3v) is 5.45. The molecule has 0 saturated heterocycles. The van der Waals surface area contributed by atoms with E-state index < -0.39 is 0 Å². The van der Waals surface area contributed by atoms with Gasteiger partial charge in [-0.3, -0.25) is 4.79 Å². The molecule has 0 saturated carbocycles. The van der Waals surface area contributed by atoms with Gasteiger partial charge in [0.1, 0.15) is 0 Å². The van der Waals surface area contributed by atoms with Crippen molar-refractivity contribution in [1.82, 2.24) is 15.5 Å². The molecule has 2 aromatic carbocycles. The summed E-state index contributed by atoms with van der Waals surface area (Å²) in [6.07, 6.45) is 0.720. The first-order valence-electron chi connectivity index (χ1n) is 10.9. The number of aryl methyl sites for hydroxylation is 2. The van der Waals surface area contributed by atoms with Gasteiger partial charge < -0.3 is 9.73 Å². The first-order valence-corrected chi connectivity index (χ1v) is 10.9. The lowest BCUT2D eigenvalue weighted by atomic mass is 9.85. The maximum atomic E-state index is 12.6. The number of nitrogens with zero attached hydrogens (tertiary/aromatic N) is 2. The summed E-state index contributed by atoms with van der Waals surface area (Å²) < 4.78 is 5.74. The second-order valence-corrected chi connectivity index (χ2v) is 9.53. The highest BCUT2D eigenvalue weighted by Gasteiger charge is 2.20. The van der Waals surface area contributed by atoms with E-state index >= 15 is 0 Å². The molecule has 0 spiro atoms. The minimum Gasteiger partial charge on any atom is -0.421 e. The lowest BCUT2D eigenvalue weighted by Gasteiger charge is -2.25. The standard InChI is InChI=1S/C26H33N3O2/c1-17(2)24(19-11-13-21(14-12-19)26(4,5)6)27-22(30)15-16-23-28-29-25(31-23)20-9-7-18(3)8-10-20/h7-14,17,24H,15-16H2,1-6H3,(H,27,30). The second kappa shape index (κ2) is 9.46. The van der Waals surface area contributed by atoms with Crippen molar-refractivity contribution in [2.45, 2.75) is 65.8 Å². The lowest BCUT2D eigenvalue weighted by Crippen LogP contribution is -2.32. The number of carbonyl (C=O) groups excluding carboxylic acids is 1. The summed E-state index contributed by atoms with van der Waals surface area (Å²) in [4.78, 5) is 12.6. The zero-order chi connectivity index (χ0) is 22.6. The predicted octanol–water partition coefficient (Wildman–Crippen LogP) is 5.79. The Kier molecular flexibility index (Phi) is 6.94. The van der Waals surface area contributed by atoms with Gasteiger partial charge >= 0.3 is 0 Å². The van der Waals surface area contributed by atoms with Crippen LogP contribution >= 0.6 is 0 Å². The Morgan fingerprint density at radius 3 is 2.23 bits per heavy atom.